The summed E-state index contributed by atoms with van der Waals surface area (Å²) >= 11 is 11.4. The van der Waals surface area contributed by atoms with Gasteiger partial charge in [0.2, 0.25) is 5.91 Å². The molecule has 4 saturated carbocycles. The third-order valence-corrected chi connectivity index (χ3v) is 7.65. The van der Waals surface area contributed by atoms with Gasteiger partial charge in [-0.1, -0.05) is 23.7 Å². The molecule has 0 heterocycles. The lowest BCUT2D eigenvalue weighted by Crippen LogP contribution is -2.55. The Labute approximate surface area is 198 Å². The zero-order chi connectivity index (χ0) is 22.3. The van der Waals surface area contributed by atoms with Crippen LogP contribution in [-0.2, 0) is 4.79 Å². The van der Waals surface area contributed by atoms with Crippen molar-refractivity contribution < 1.29 is 9.59 Å². The Morgan fingerprint density at radius 2 is 1.47 bits per heavy atom. The van der Waals surface area contributed by atoms with Crippen LogP contribution in [0.2, 0.25) is 5.02 Å². The first-order chi connectivity index (χ1) is 15.4. The maximum Gasteiger partial charge on any atom is 0.255 e. The molecule has 166 valence electrons. The van der Waals surface area contributed by atoms with Gasteiger partial charge in [-0.2, -0.15) is 0 Å². The SMILES string of the molecule is O=C(Nc1cccc(Cl)c1)c1cccc(NC(=S)NC(=O)C23CC4CC(CC(C4)C2)C3)c1. The molecule has 0 spiro atoms. The van der Waals surface area contributed by atoms with Crippen LogP contribution in [0.1, 0.15) is 48.9 Å². The number of thiocarbonyl (C=S) groups is 1. The zero-order valence-corrected chi connectivity index (χ0v) is 19.3. The second kappa shape index (κ2) is 8.49. The minimum Gasteiger partial charge on any atom is -0.332 e. The molecule has 7 heteroatoms. The number of rotatable bonds is 4. The average Bonchev–Trinajstić information content (AvgIpc) is 2.73. The van der Waals surface area contributed by atoms with E-state index in [0.29, 0.717) is 39.7 Å². The van der Waals surface area contributed by atoms with E-state index in [2.05, 4.69) is 16.0 Å². The van der Waals surface area contributed by atoms with Crippen LogP contribution >= 0.6 is 23.8 Å². The average molecular weight is 468 g/mol. The van der Waals surface area contributed by atoms with Crippen molar-refractivity contribution in [3.63, 3.8) is 0 Å². The van der Waals surface area contributed by atoms with Crippen LogP contribution < -0.4 is 16.0 Å². The minimum absolute atomic E-state index is 0.0592. The Kier molecular flexibility index (Phi) is 5.68. The van der Waals surface area contributed by atoms with E-state index in [1.165, 1.54) is 19.3 Å². The molecule has 2 aromatic rings. The van der Waals surface area contributed by atoms with Crippen LogP contribution in [0.15, 0.2) is 48.5 Å². The van der Waals surface area contributed by atoms with Gasteiger partial charge in [-0.15, -0.1) is 0 Å². The van der Waals surface area contributed by atoms with Crippen LogP contribution in [-0.4, -0.2) is 16.9 Å². The summed E-state index contributed by atoms with van der Waals surface area (Å²) in [6.45, 7) is 0. The van der Waals surface area contributed by atoms with Crippen LogP contribution in [0, 0.1) is 23.2 Å². The van der Waals surface area contributed by atoms with Crippen molar-refractivity contribution in [1.29, 1.82) is 0 Å². The lowest BCUT2D eigenvalue weighted by Gasteiger charge is -2.55. The standard InChI is InChI=1S/C25H26ClN3O2S/c26-19-4-2-6-21(11-19)27-22(30)18-3-1-5-20(10-18)28-24(32)29-23(31)25-12-15-7-16(13-25)9-17(8-15)14-25/h1-6,10-11,15-17H,7-9,12-14H2,(H,27,30)(H2,28,29,31,32). The van der Waals surface area contributed by atoms with Crippen LogP contribution in [0.3, 0.4) is 0 Å². The van der Waals surface area contributed by atoms with E-state index in [-0.39, 0.29) is 22.3 Å². The van der Waals surface area contributed by atoms with Gasteiger partial charge in [-0.05, 0) is 105 Å². The summed E-state index contributed by atoms with van der Waals surface area (Å²) in [5, 5.41) is 9.68. The molecule has 6 rings (SSSR count). The number of benzene rings is 2. The molecule has 2 amide bonds. The summed E-state index contributed by atoms with van der Waals surface area (Å²) in [6, 6.07) is 14.0. The summed E-state index contributed by atoms with van der Waals surface area (Å²) < 4.78 is 0. The molecule has 2 aromatic carbocycles. The number of carbonyl (C=O) groups excluding carboxylic acids is 2. The number of carbonyl (C=O) groups is 2. The van der Waals surface area contributed by atoms with Crippen molar-refractivity contribution in [3.05, 3.63) is 59.1 Å². The maximum atomic E-state index is 13.2. The summed E-state index contributed by atoms with van der Waals surface area (Å²) in [5.74, 6) is 1.90. The monoisotopic (exact) mass is 467 g/mol. The zero-order valence-electron chi connectivity index (χ0n) is 17.7. The normalized spacial score (nSPS) is 27.6. The molecule has 4 aliphatic rings. The molecule has 0 aromatic heterocycles. The molecule has 32 heavy (non-hydrogen) atoms. The number of amides is 2. The number of halogens is 1. The van der Waals surface area contributed by atoms with Crippen LogP contribution in [0.5, 0.6) is 0 Å². The smallest absolute Gasteiger partial charge is 0.255 e. The number of anilines is 2. The molecular formula is C25H26ClN3O2S. The van der Waals surface area contributed by atoms with E-state index in [0.717, 1.165) is 19.3 Å². The fourth-order valence-electron chi connectivity index (χ4n) is 6.29. The van der Waals surface area contributed by atoms with Crippen molar-refractivity contribution in [2.45, 2.75) is 38.5 Å². The topological polar surface area (TPSA) is 70.2 Å². The van der Waals surface area contributed by atoms with E-state index >= 15 is 0 Å². The van der Waals surface area contributed by atoms with Gasteiger partial charge in [0, 0.05) is 22.0 Å². The second-order valence-corrected chi connectivity index (χ2v) is 10.5. The molecule has 0 saturated heterocycles. The minimum atomic E-state index is -0.251. The quantitative estimate of drug-likeness (QED) is 0.510. The van der Waals surface area contributed by atoms with E-state index in [4.69, 9.17) is 23.8 Å². The van der Waals surface area contributed by atoms with Gasteiger partial charge >= 0.3 is 0 Å². The Balaban J connectivity index is 1.21. The molecule has 0 radical (unpaired) electrons. The van der Waals surface area contributed by atoms with Gasteiger partial charge in [-0.3, -0.25) is 9.59 Å². The fraction of sp³-hybridized carbons (Fsp3) is 0.400. The summed E-state index contributed by atoms with van der Waals surface area (Å²) in [6.07, 6.45) is 6.85. The summed E-state index contributed by atoms with van der Waals surface area (Å²) in [5.41, 5.74) is 1.50. The molecule has 4 fully saturated rings. The largest absolute Gasteiger partial charge is 0.332 e. The highest BCUT2D eigenvalue weighted by Crippen LogP contribution is 2.60. The predicted molar refractivity (Wildman–Crippen MR) is 131 cm³/mol. The highest BCUT2D eigenvalue weighted by Gasteiger charge is 2.54. The first kappa shape index (κ1) is 21.4. The number of hydrogen-bond acceptors (Lipinski definition) is 3. The maximum absolute atomic E-state index is 13.2. The first-order valence-corrected chi connectivity index (χ1v) is 12.0. The Morgan fingerprint density at radius 3 is 2.09 bits per heavy atom. The Bertz CT molecular complexity index is 1050. The molecule has 3 N–H and O–H groups in total. The van der Waals surface area contributed by atoms with E-state index in [9.17, 15) is 9.59 Å². The Hall–Kier alpha value is -2.44. The lowest BCUT2D eigenvalue weighted by atomic mass is 9.49. The van der Waals surface area contributed by atoms with E-state index in [1.54, 1.807) is 42.5 Å². The van der Waals surface area contributed by atoms with E-state index in [1.807, 2.05) is 6.07 Å². The second-order valence-electron chi connectivity index (χ2n) is 9.65. The summed E-state index contributed by atoms with van der Waals surface area (Å²) in [7, 11) is 0. The fourth-order valence-corrected chi connectivity index (χ4v) is 6.70. The van der Waals surface area contributed by atoms with Gasteiger partial charge in [-0.25, -0.2) is 0 Å². The van der Waals surface area contributed by atoms with E-state index < -0.39 is 0 Å². The first-order valence-electron chi connectivity index (χ1n) is 11.2. The molecule has 0 atom stereocenters. The van der Waals surface area contributed by atoms with Gasteiger partial charge in [0.25, 0.3) is 5.91 Å². The number of nitrogens with one attached hydrogen (secondary N) is 3. The van der Waals surface area contributed by atoms with Crippen molar-refractivity contribution in [2.75, 3.05) is 10.6 Å². The van der Waals surface area contributed by atoms with Gasteiger partial charge in [0.05, 0.1) is 5.41 Å². The van der Waals surface area contributed by atoms with Crippen molar-refractivity contribution in [1.82, 2.24) is 5.32 Å². The summed E-state index contributed by atoms with van der Waals surface area (Å²) in [4.78, 5) is 25.8. The van der Waals surface area contributed by atoms with Gasteiger partial charge < -0.3 is 16.0 Å². The van der Waals surface area contributed by atoms with Crippen molar-refractivity contribution >= 4 is 52.1 Å². The third-order valence-electron chi connectivity index (χ3n) is 7.21. The van der Waals surface area contributed by atoms with Gasteiger partial charge in [0.1, 0.15) is 0 Å². The van der Waals surface area contributed by atoms with Crippen molar-refractivity contribution in [3.8, 4) is 0 Å². The lowest BCUT2D eigenvalue weighted by molar-refractivity contribution is -0.144. The third kappa shape index (κ3) is 4.39. The van der Waals surface area contributed by atoms with Crippen LogP contribution in [0.4, 0.5) is 11.4 Å². The molecule has 0 aliphatic heterocycles. The molecule has 4 bridgehead atoms. The highest BCUT2D eigenvalue weighted by atomic mass is 35.5. The molecule has 0 unspecified atom stereocenters. The van der Waals surface area contributed by atoms with Crippen molar-refractivity contribution in [2.24, 2.45) is 23.2 Å². The van der Waals surface area contributed by atoms with Gasteiger partial charge in [0.15, 0.2) is 5.11 Å². The predicted octanol–water partition coefficient (Wildman–Crippen LogP) is 5.62. The number of hydrogen-bond donors (Lipinski definition) is 3. The molecule has 5 nitrogen and oxygen atoms in total. The molecule has 4 aliphatic carbocycles. The Morgan fingerprint density at radius 1 is 0.875 bits per heavy atom. The molecular weight excluding hydrogens is 442 g/mol. The highest BCUT2D eigenvalue weighted by molar-refractivity contribution is 7.80. The van der Waals surface area contributed by atoms with Crippen LogP contribution in [0.25, 0.3) is 0 Å².